The van der Waals surface area contributed by atoms with Crippen LogP contribution in [0.2, 0.25) is 0 Å². The fourth-order valence-electron chi connectivity index (χ4n) is 14.5. The summed E-state index contributed by atoms with van der Waals surface area (Å²) in [6.45, 7) is 14.3. The number of carbonyl (C=O) groups is 6. The van der Waals surface area contributed by atoms with Crippen molar-refractivity contribution in [1.82, 2.24) is 83.9 Å². The molecule has 6 N–H and O–H groups in total. The summed E-state index contributed by atoms with van der Waals surface area (Å²) in [4.78, 5) is 112. The van der Waals surface area contributed by atoms with Crippen molar-refractivity contribution in [2.75, 3.05) is 56.5 Å². The van der Waals surface area contributed by atoms with Crippen molar-refractivity contribution in [2.24, 2.45) is 0 Å². The lowest BCUT2D eigenvalue weighted by atomic mass is 10.0. The molecule has 3 amide bonds. The van der Waals surface area contributed by atoms with Gasteiger partial charge in [-0.25, -0.2) is 53.3 Å². The number of anilines is 3. The fourth-order valence-corrected chi connectivity index (χ4v) is 14.5. The molecule has 0 radical (unpaired) electrons. The number of nitrogens with zero attached hydrogens (tertiary/aromatic N) is 17. The summed E-state index contributed by atoms with van der Waals surface area (Å²) in [5, 5.41) is 16.6. The van der Waals surface area contributed by atoms with Gasteiger partial charge in [0.25, 0.3) is 0 Å². The van der Waals surface area contributed by atoms with Crippen LogP contribution in [-0.4, -0.2) is 165 Å². The van der Waals surface area contributed by atoms with Gasteiger partial charge in [0.15, 0.2) is 40.1 Å². The summed E-state index contributed by atoms with van der Waals surface area (Å²) in [6.07, 6.45) is 14.1. The van der Waals surface area contributed by atoms with E-state index in [1.54, 1.807) is 20.8 Å². The Bertz CT molecular complexity index is 5410. The quantitative estimate of drug-likeness (QED) is 0.0245. The Morgan fingerprint density at radius 2 is 0.835 bits per heavy atom. The maximum atomic E-state index is 13.8. The van der Waals surface area contributed by atoms with Crippen molar-refractivity contribution in [1.29, 1.82) is 0 Å². The summed E-state index contributed by atoms with van der Waals surface area (Å²) in [5.74, 6) is -1.86. The van der Waals surface area contributed by atoms with E-state index in [0.29, 0.717) is 132 Å². The van der Waals surface area contributed by atoms with Crippen LogP contribution in [0.4, 0.5) is 39.4 Å². The van der Waals surface area contributed by atoms with Gasteiger partial charge in [0.1, 0.15) is 59.3 Å². The highest BCUT2D eigenvalue weighted by Crippen LogP contribution is 2.39. The highest BCUT2D eigenvalue weighted by Gasteiger charge is 2.34. The maximum Gasteiger partial charge on any atom is 0.573 e. The van der Waals surface area contributed by atoms with E-state index >= 15 is 0 Å². The van der Waals surface area contributed by atoms with Gasteiger partial charge in [-0.3, -0.25) is 33.8 Å². The Labute approximate surface area is 655 Å². The first-order chi connectivity index (χ1) is 55.5. The summed E-state index contributed by atoms with van der Waals surface area (Å²) in [6, 6.07) is 31.9. The molecule has 0 aliphatic carbocycles. The van der Waals surface area contributed by atoms with E-state index in [2.05, 4.69) is 64.3 Å². The average Bonchev–Trinajstić information content (AvgIpc) is 1.63. The highest BCUT2D eigenvalue weighted by molar-refractivity contribution is 6.02. The third kappa shape index (κ3) is 18.3. The number of Topliss-reactive ketones (excluding diaryl/α,β-unsaturated/α-hetero) is 3. The molecule has 11 heterocycles. The molecule has 3 fully saturated rings. The third-order valence-corrected chi connectivity index (χ3v) is 20.4. The van der Waals surface area contributed by atoms with E-state index in [9.17, 15) is 50.7 Å². The summed E-state index contributed by atoms with van der Waals surface area (Å²) < 4.78 is 74.1. The molecule has 3 aliphatic rings. The monoisotopic (exact) mass is 1560 g/mol. The maximum absolute atomic E-state index is 13.8. The summed E-state index contributed by atoms with van der Waals surface area (Å²) in [7, 11) is 0. The van der Waals surface area contributed by atoms with E-state index in [1.165, 1.54) is 73.9 Å². The molecule has 115 heavy (non-hydrogen) atoms. The molecule has 0 unspecified atom stereocenters. The Morgan fingerprint density at radius 3 is 1.19 bits per heavy atom. The molecule has 0 bridgehead atoms. The van der Waals surface area contributed by atoms with Crippen molar-refractivity contribution in [3.63, 3.8) is 0 Å². The van der Waals surface area contributed by atoms with Crippen LogP contribution in [0.5, 0.6) is 5.75 Å². The number of benzene rings is 4. The smallest absolute Gasteiger partial charge is 0.406 e. The lowest BCUT2D eigenvalue weighted by Gasteiger charge is -2.32. The number of rotatable bonds is 22. The number of alkyl halides is 3. The number of ketones is 3. The minimum atomic E-state index is -4.79. The number of piperidine rings is 3. The predicted molar refractivity (Wildman–Crippen MR) is 420 cm³/mol. The van der Waals surface area contributed by atoms with Crippen molar-refractivity contribution >= 4 is 85.6 Å². The number of aromatic nitrogens is 14. The third-order valence-electron chi connectivity index (χ3n) is 20.4. The number of likely N-dealkylation sites (tertiary alicyclic amines) is 3. The number of nitrogen functional groups attached to an aromatic ring is 3. The first-order valence-electron chi connectivity index (χ1n) is 37.2. The van der Waals surface area contributed by atoms with Gasteiger partial charge in [0, 0.05) is 93.2 Å². The molecule has 8 aromatic heterocycles. The van der Waals surface area contributed by atoms with Gasteiger partial charge in [-0.1, -0.05) is 92.5 Å². The number of fused-ring (bicyclic) bond motifs is 3. The van der Waals surface area contributed by atoms with E-state index in [-0.39, 0.29) is 89.3 Å². The minimum absolute atomic E-state index is 0.00248. The Morgan fingerprint density at radius 1 is 0.461 bits per heavy atom. The normalized spacial score (nSPS) is 15.6. The number of nitrogens with two attached hydrogens (primary N) is 3. The average molecular weight is 1560 g/mol. The van der Waals surface area contributed by atoms with Crippen LogP contribution in [0, 0.1) is 11.8 Å². The molecule has 32 heteroatoms. The SMILES string of the molecule is C=CC(=O)N1CCC[C@@H](n2nc(-c3ccc(CCC(=O)c4ccc(OC(F)(F)F)cc4)cc3)c3c(N)ncnc32)C1.C=CC(=O)N1CCC[C@@H](n2nc(-c3ccc(CCC(=O)c4cccnc4F)cc3)c3c(N)ncnc32)C1.C=CC(=O)N1CCC[C@@H](n2nc(-c3ccc(CCC(=O)c4ccncc4F)cc3)c3c(N)ncnc32)C1. The van der Waals surface area contributed by atoms with Gasteiger partial charge in [0.2, 0.25) is 23.7 Å². The lowest BCUT2D eigenvalue weighted by Crippen LogP contribution is -2.40. The van der Waals surface area contributed by atoms with Crippen LogP contribution in [0.15, 0.2) is 191 Å². The topological polar surface area (TPSA) is 356 Å². The summed E-state index contributed by atoms with van der Waals surface area (Å²) in [5.41, 5.74) is 28.1. The molecule has 0 spiro atoms. The standard InChI is InChI=1S/C29H27F3N6O3.2C27H26FN7O2/c1-2-24(40)37-15-3-4-21(16-37)38-28-25(27(33)34-17-35-28)26(36-38)20-8-5-18(6-9-20)7-14-23(39)19-10-12-22(13-11-19)41-29(30,31)32;1-2-22(37)34-14-4-5-19(15-34)35-27-23(26(29)31-16-32-27)24(33-35)18-10-7-17(8-11-18)9-12-21(36)20-6-3-13-30-25(20)28;1-2-23(37)34-13-3-4-19(15-34)35-27-24(26(29)31-16-32-27)25(33-35)18-8-5-17(6-9-18)7-10-22(36)20-11-12-30-14-21(20)28/h2,5-6,8-13,17,21H,1,3-4,7,14-16H2,(H2,33,34,35);2-3,6-8,10-11,13,16,19H,1,4-5,9,12,14-15H2,(H2,29,31,32);2,5-6,8-9,11-12,14,16,19H,1,3-4,7,10,13,15H2,(H2,29,31,32)/t21-;2*19-/m111/s1. The molecule has 12 aromatic rings. The first kappa shape index (κ1) is 79.4. The Hall–Kier alpha value is -13.7. The van der Waals surface area contributed by atoms with Gasteiger partial charge < -0.3 is 36.6 Å². The van der Waals surface area contributed by atoms with Crippen molar-refractivity contribution < 1.29 is 55.5 Å². The second-order valence-corrected chi connectivity index (χ2v) is 27.7. The number of pyridine rings is 2. The largest absolute Gasteiger partial charge is 0.573 e. The van der Waals surface area contributed by atoms with Gasteiger partial charge >= 0.3 is 6.36 Å². The van der Waals surface area contributed by atoms with Crippen molar-refractivity contribution in [3.8, 4) is 39.5 Å². The summed E-state index contributed by atoms with van der Waals surface area (Å²) >= 11 is 0. The fraction of sp³-hybridized carbons (Fsp3) is 0.265. The molecule has 27 nitrogen and oxygen atoms in total. The van der Waals surface area contributed by atoms with Crippen LogP contribution >= 0.6 is 0 Å². The van der Waals surface area contributed by atoms with Crippen molar-refractivity contribution in [2.45, 2.75) is 102 Å². The zero-order chi connectivity index (χ0) is 81.0. The number of ether oxygens (including phenoxy) is 1. The second-order valence-electron chi connectivity index (χ2n) is 27.7. The Kier molecular flexibility index (Phi) is 24.4. The van der Waals surface area contributed by atoms with Gasteiger partial charge in [0.05, 0.1) is 51.6 Å². The molecular formula is C83H79F5N20O7. The second kappa shape index (κ2) is 35.3. The molecule has 15 rings (SSSR count). The lowest BCUT2D eigenvalue weighted by molar-refractivity contribution is -0.274. The van der Waals surface area contributed by atoms with E-state index in [4.69, 9.17) is 32.5 Å². The highest BCUT2D eigenvalue weighted by atomic mass is 19.4. The number of carbonyl (C=O) groups excluding carboxylic acids is 6. The van der Waals surface area contributed by atoms with Crippen LogP contribution in [0.1, 0.15) is 124 Å². The van der Waals surface area contributed by atoms with Gasteiger partial charge in [-0.2, -0.15) is 19.7 Å². The predicted octanol–water partition coefficient (Wildman–Crippen LogP) is 12.7. The van der Waals surface area contributed by atoms with Crippen molar-refractivity contribution in [3.05, 3.63) is 236 Å². The van der Waals surface area contributed by atoms with Crippen LogP contribution in [0.3, 0.4) is 0 Å². The van der Waals surface area contributed by atoms with Crippen LogP contribution in [0.25, 0.3) is 66.9 Å². The number of hydrogen-bond donors (Lipinski definition) is 3. The first-order valence-corrected chi connectivity index (χ1v) is 37.2. The van der Waals surface area contributed by atoms with E-state index in [1.807, 2.05) is 86.8 Å². The number of amides is 3. The zero-order valence-corrected chi connectivity index (χ0v) is 62.3. The number of halogens is 5. The van der Waals surface area contributed by atoms with Gasteiger partial charge in [-0.15, -0.1) is 13.2 Å². The minimum Gasteiger partial charge on any atom is -0.406 e. The molecule has 0 saturated carbocycles. The van der Waals surface area contributed by atoms with Crippen LogP contribution < -0.4 is 21.9 Å². The number of hydrogen-bond acceptors (Lipinski definition) is 21. The molecule has 4 aromatic carbocycles. The molecule has 3 aliphatic heterocycles. The number of aryl methyl sites for hydroxylation is 3. The van der Waals surface area contributed by atoms with Gasteiger partial charge in [-0.05, 0) is 135 Å². The Balaban J connectivity index is 0.000000151. The van der Waals surface area contributed by atoms with Crippen LogP contribution in [-0.2, 0) is 33.6 Å². The molecule has 3 atom stereocenters. The molecular weight excluding hydrogens is 1480 g/mol. The zero-order valence-electron chi connectivity index (χ0n) is 62.3. The van der Waals surface area contributed by atoms with E-state index in [0.717, 1.165) is 90.2 Å². The molecule has 588 valence electrons. The van der Waals surface area contributed by atoms with E-state index < -0.39 is 18.1 Å². The molecule has 3 saturated heterocycles.